The molecule has 10 aromatic rings. The molecule has 0 saturated heterocycles. The lowest BCUT2D eigenvalue weighted by Crippen LogP contribution is -2.09. The number of aryl methyl sites for hydroxylation is 4. The van der Waals surface area contributed by atoms with Crippen LogP contribution in [0.5, 0.6) is 0 Å². The largest absolute Gasteiger partial charge is 0.311 e. The van der Waals surface area contributed by atoms with Gasteiger partial charge in [-0.1, -0.05) is 133 Å². The molecule has 14 rings (SSSR count). The molecule has 0 radical (unpaired) electrons. The highest BCUT2D eigenvalue weighted by atomic mass is 32.1. The van der Waals surface area contributed by atoms with Crippen molar-refractivity contribution in [3.8, 4) is 41.8 Å². The normalized spacial score (nSPS) is 12.1. The van der Waals surface area contributed by atoms with Gasteiger partial charge in [0.2, 0.25) is 0 Å². The van der Waals surface area contributed by atoms with Gasteiger partial charge in [-0.2, -0.15) is 0 Å². The molecule has 0 spiro atoms. The molecule has 0 saturated carbocycles. The third kappa shape index (κ3) is 8.22. The van der Waals surface area contributed by atoms with Crippen LogP contribution in [0.1, 0.15) is 22.3 Å². The van der Waals surface area contributed by atoms with Crippen LogP contribution in [0.4, 0.5) is 34.1 Å². The van der Waals surface area contributed by atoms with Crippen molar-refractivity contribution in [3.63, 3.8) is 0 Å². The van der Waals surface area contributed by atoms with Gasteiger partial charge in [-0.3, -0.25) is 0 Å². The predicted octanol–water partition coefficient (Wildman–Crippen LogP) is 17.3. The van der Waals surface area contributed by atoms with Gasteiger partial charge < -0.3 is 9.80 Å². The zero-order valence-corrected chi connectivity index (χ0v) is 37.1. The van der Waals surface area contributed by atoms with E-state index in [4.69, 9.17) is 0 Å². The minimum atomic E-state index is 0.996. The lowest BCUT2D eigenvalue weighted by molar-refractivity contribution is 0.926. The number of hydrogen-bond acceptors (Lipinski definition) is 4. The van der Waals surface area contributed by atoms with Gasteiger partial charge in [0.1, 0.15) is 0 Å². The van der Waals surface area contributed by atoms with E-state index in [1.807, 2.05) is 22.7 Å². The van der Waals surface area contributed by atoms with Gasteiger partial charge >= 0.3 is 0 Å². The van der Waals surface area contributed by atoms with Crippen molar-refractivity contribution in [1.29, 1.82) is 0 Å². The number of rotatable bonds is 10. The molecule has 2 aromatic heterocycles. The highest BCUT2D eigenvalue weighted by Gasteiger charge is 2.18. The smallest absolute Gasteiger partial charge is 0.0462 e. The number of anilines is 6. The minimum absolute atomic E-state index is 0.996. The molecule has 2 nitrogen and oxygen atoms in total. The molecule has 0 fully saturated rings. The monoisotopic (exact) mass is 858 g/mol. The summed E-state index contributed by atoms with van der Waals surface area (Å²) in [5, 5.41) is 0. The fourth-order valence-electron chi connectivity index (χ4n) is 9.04. The Morgan fingerprint density at radius 2 is 0.578 bits per heavy atom. The van der Waals surface area contributed by atoms with Gasteiger partial charge in [0.05, 0.1) is 0 Å². The average Bonchev–Trinajstić information content (AvgIpc) is 4.06. The molecule has 4 heteroatoms. The van der Waals surface area contributed by atoms with Crippen molar-refractivity contribution in [3.05, 3.63) is 253 Å². The van der Waals surface area contributed by atoms with Crippen LogP contribution in [0, 0.1) is 0 Å². The molecule has 8 aromatic carbocycles. The third-order valence-corrected chi connectivity index (χ3v) is 14.7. The fourth-order valence-corrected chi connectivity index (χ4v) is 11.2. The summed E-state index contributed by atoms with van der Waals surface area (Å²) in [6.45, 7) is 0. The Kier molecular flexibility index (Phi) is 11.0. The zero-order valence-electron chi connectivity index (χ0n) is 35.5. The van der Waals surface area contributed by atoms with Crippen molar-refractivity contribution in [2.24, 2.45) is 0 Å². The second-order valence-corrected chi connectivity index (χ2v) is 18.6. The second kappa shape index (κ2) is 17.9. The SMILES string of the molecule is c1ccc(N(c2ccccc2)c2ccc(-c3ccc(-c4cc5ccc4CCc4ccc(c(-c6ccc(-c7ccc(N(c8ccccc8)c8ccccc8)cc7)s6)c4)CC5)s3)cc2)cc1. The Bertz CT molecular complexity index is 2840. The molecular formula is C60H46N2S2. The summed E-state index contributed by atoms with van der Waals surface area (Å²) in [6.07, 6.45) is 3.99. The van der Waals surface area contributed by atoms with E-state index in [1.165, 1.54) is 64.0 Å². The summed E-state index contributed by atoms with van der Waals surface area (Å²) in [5.74, 6) is 0. The first-order chi connectivity index (χ1) is 31.7. The zero-order chi connectivity index (χ0) is 42.7. The summed E-state index contributed by atoms with van der Waals surface area (Å²) in [7, 11) is 0. The van der Waals surface area contributed by atoms with Crippen molar-refractivity contribution >= 4 is 56.8 Å². The first kappa shape index (κ1) is 39.6. The Balaban J connectivity index is 0.824. The van der Waals surface area contributed by atoms with Crippen LogP contribution in [-0.4, -0.2) is 0 Å². The van der Waals surface area contributed by atoms with E-state index < -0.39 is 0 Å². The first-order valence-corrected chi connectivity index (χ1v) is 23.8. The van der Waals surface area contributed by atoms with Gasteiger partial charge in [-0.05, 0) is 167 Å². The van der Waals surface area contributed by atoms with Crippen LogP contribution >= 0.6 is 22.7 Å². The summed E-state index contributed by atoms with van der Waals surface area (Å²) in [5.41, 5.74) is 17.7. The molecule has 4 aliphatic rings. The molecule has 4 aliphatic carbocycles. The number of nitrogens with zero attached hydrogens (tertiary/aromatic N) is 2. The Labute approximate surface area is 384 Å². The lowest BCUT2D eigenvalue weighted by atomic mass is 9.90. The van der Waals surface area contributed by atoms with E-state index >= 15 is 0 Å². The average molecular weight is 859 g/mol. The Morgan fingerprint density at radius 1 is 0.266 bits per heavy atom. The quantitative estimate of drug-likeness (QED) is 0.135. The second-order valence-electron chi connectivity index (χ2n) is 16.4. The minimum Gasteiger partial charge on any atom is -0.311 e. The van der Waals surface area contributed by atoms with Crippen LogP contribution in [0.3, 0.4) is 0 Å². The van der Waals surface area contributed by atoms with Gasteiger partial charge in [0, 0.05) is 53.6 Å². The van der Waals surface area contributed by atoms with Crippen molar-refractivity contribution in [1.82, 2.24) is 0 Å². The van der Waals surface area contributed by atoms with E-state index in [0.29, 0.717) is 0 Å². The van der Waals surface area contributed by atoms with Gasteiger partial charge in [-0.25, -0.2) is 0 Å². The molecule has 64 heavy (non-hydrogen) atoms. The van der Waals surface area contributed by atoms with Gasteiger partial charge in [0.15, 0.2) is 0 Å². The molecule has 4 bridgehead atoms. The number of hydrogen-bond donors (Lipinski definition) is 0. The number of benzene rings is 8. The lowest BCUT2D eigenvalue weighted by Gasteiger charge is -2.25. The van der Waals surface area contributed by atoms with E-state index in [9.17, 15) is 0 Å². The summed E-state index contributed by atoms with van der Waals surface area (Å²) in [6, 6.07) is 84.3. The fraction of sp³-hybridized carbons (Fsp3) is 0.0667. The summed E-state index contributed by atoms with van der Waals surface area (Å²) in [4.78, 5) is 9.89. The topological polar surface area (TPSA) is 6.48 Å². The molecule has 0 atom stereocenters. The van der Waals surface area contributed by atoms with Crippen molar-refractivity contribution < 1.29 is 0 Å². The van der Waals surface area contributed by atoms with Gasteiger partial charge in [-0.15, -0.1) is 22.7 Å². The number of thiophene rings is 2. The van der Waals surface area contributed by atoms with Crippen LogP contribution < -0.4 is 9.80 Å². The summed E-state index contributed by atoms with van der Waals surface area (Å²) >= 11 is 3.80. The maximum Gasteiger partial charge on any atom is 0.0462 e. The Hall–Kier alpha value is -7.24. The maximum absolute atomic E-state index is 2.48. The highest BCUT2D eigenvalue weighted by Crippen LogP contribution is 2.42. The number of para-hydroxylation sites is 4. The van der Waals surface area contributed by atoms with Crippen LogP contribution in [0.2, 0.25) is 0 Å². The maximum atomic E-state index is 2.48. The standard InChI is InChI=1S/C60H46N2S2/c1-5-13-49(14-6-1)61(50-15-7-2-8-16-50)53-33-29-47(30-34-53)57-37-39-59(63-57)55-41-43-21-25-45(55)27-23-44-22-26-46(28-24-43)56(42-44)60-40-38-58(64-60)48-31-35-54(36-32-48)62(51-17-9-3-10-18-51)52-19-11-4-12-20-52/h1-22,25-26,29-42H,23-24,27-28H2. The van der Waals surface area contributed by atoms with Crippen LogP contribution in [0.25, 0.3) is 41.8 Å². The van der Waals surface area contributed by atoms with Crippen LogP contribution in [0.15, 0.2) is 231 Å². The highest BCUT2D eigenvalue weighted by molar-refractivity contribution is 7.19. The van der Waals surface area contributed by atoms with Gasteiger partial charge in [0.25, 0.3) is 0 Å². The molecule has 0 unspecified atom stereocenters. The van der Waals surface area contributed by atoms with E-state index in [0.717, 1.165) is 59.8 Å². The summed E-state index contributed by atoms with van der Waals surface area (Å²) < 4.78 is 0. The van der Waals surface area contributed by atoms with E-state index in [1.54, 1.807) is 0 Å². The van der Waals surface area contributed by atoms with E-state index in [2.05, 4.69) is 240 Å². The molecule has 308 valence electrons. The first-order valence-electron chi connectivity index (χ1n) is 22.2. The molecule has 0 N–H and O–H groups in total. The molecule has 0 amide bonds. The third-order valence-electron chi connectivity index (χ3n) is 12.3. The van der Waals surface area contributed by atoms with Crippen LogP contribution in [-0.2, 0) is 25.7 Å². The van der Waals surface area contributed by atoms with E-state index in [-0.39, 0.29) is 0 Å². The molecule has 0 aliphatic heterocycles. The Morgan fingerprint density at radius 3 is 0.922 bits per heavy atom. The molecule has 2 heterocycles. The van der Waals surface area contributed by atoms with Crippen molar-refractivity contribution in [2.45, 2.75) is 25.7 Å². The predicted molar refractivity (Wildman–Crippen MR) is 275 cm³/mol. The molecular weight excluding hydrogens is 813 g/mol. The van der Waals surface area contributed by atoms with Crippen molar-refractivity contribution in [2.75, 3.05) is 9.80 Å².